The van der Waals surface area contributed by atoms with Gasteiger partial charge in [0.1, 0.15) is 12.1 Å². The van der Waals surface area contributed by atoms with E-state index >= 15 is 0 Å². The summed E-state index contributed by atoms with van der Waals surface area (Å²) in [7, 11) is 0. The van der Waals surface area contributed by atoms with Crippen LogP contribution < -0.4 is 0 Å². The lowest BCUT2D eigenvalue weighted by molar-refractivity contribution is -0.124. The highest BCUT2D eigenvalue weighted by molar-refractivity contribution is 5.81. The summed E-state index contributed by atoms with van der Waals surface area (Å²) in [5.74, 6) is 0.152. The van der Waals surface area contributed by atoms with Gasteiger partial charge in [-0.2, -0.15) is 0 Å². The molecule has 0 aromatic heterocycles. The predicted molar refractivity (Wildman–Crippen MR) is 61.9 cm³/mol. The normalized spacial score (nSPS) is 13.6. The summed E-state index contributed by atoms with van der Waals surface area (Å²) >= 11 is 0. The zero-order valence-electron chi connectivity index (χ0n) is 10.5. The maximum absolute atomic E-state index is 11.5. The van der Waals surface area contributed by atoms with Crippen molar-refractivity contribution in [1.82, 2.24) is 4.90 Å². The van der Waals surface area contributed by atoms with Crippen LogP contribution in [0.25, 0.3) is 0 Å². The largest absolute Gasteiger partial charge is 0.303 e. The van der Waals surface area contributed by atoms with Crippen molar-refractivity contribution in [2.45, 2.75) is 65.6 Å². The first-order valence-corrected chi connectivity index (χ1v) is 5.63. The van der Waals surface area contributed by atoms with Crippen LogP contribution in [0.3, 0.4) is 0 Å². The Bertz CT molecular complexity index is 204. The highest BCUT2D eigenvalue weighted by Crippen LogP contribution is 2.15. The second kappa shape index (κ2) is 6.72. The van der Waals surface area contributed by atoms with Gasteiger partial charge in [-0.1, -0.05) is 0 Å². The highest BCUT2D eigenvalue weighted by Gasteiger charge is 2.26. The van der Waals surface area contributed by atoms with Gasteiger partial charge in [-0.25, -0.2) is 0 Å². The lowest BCUT2D eigenvalue weighted by Gasteiger charge is -2.36. The second-order valence-corrected chi connectivity index (χ2v) is 4.51. The van der Waals surface area contributed by atoms with Gasteiger partial charge in [-0.05, 0) is 41.0 Å². The van der Waals surface area contributed by atoms with Crippen molar-refractivity contribution in [3.63, 3.8) is 0 Å². The average molecular weight is 213 g/mol. The molecule has 0 N–H and O–H groups in total. The minimum absolute atomic E-state index is 0.116. The monoisotopic (exact) mass is 213 g/mol. The molecule has 0 aliphatic rings. The van der Waals surface area contributed by atoms with E-state index in [1.807, 2.05) is 0 Å². The maximum atomic E-state index is 11.5. The van der Waals surface area contributed by atoms with Gasteiger partial charge < -0.3 is 4.79 Å². The van der Waals surface area contributed by atoms with E-state index in [0.717, 1.165) is 6.29 Å². The van der Waals surface area contributed by atoms with Crippen molar-refractivity contribution >= 4 is 12.1 Å². The Balaban J connectivity index is 4.67. The highest BCUT2D eigenvalue weighted by atomic mass is 16.1. The lowest BCUT2D eigenvalue weighted by atomic mass is 10.0. The van der Waals surface area contributed by atoms with Crippen LogP contribution in [0.15, 0.2) is 0 Å². The number of aldehydes is 1. The van der Waals surface area contributed by atoms with Crippen LogP contribution in [0, 0.1) is 0 Å². The van der Waals surface area contributed by atoms with Gasteiger partial charge in [-0.15, -0.1) is 0 Å². The third-order valence-electron chi connectivity index (χ3n) is 2.58. The number of carbonyl (C=O) groups is 2. The number of hydrogen-bond donors (Lipinski definition) is 0. The molecular weight excluding hydrogens is 190 g/mol. The Kier molecular flexibility index (Phi) is 6.41. The zero-order valence-corrected chi connectivity index (χ0v) is 10.5. The van der Waals surface area contributed by atoms with Crippen molar-refractivity contribution < 1.29 is 9.59 Å². The molecular formula is C12H23NO2. The third-order valence-corrected chi connectivity index (χ3v) is 2.58. The molecule has 0 saturated heterocycles. The second-order valence-electron chi connectivity index (χ2n) is 4.51. The summed E-state index contributed by atoms with van der Waals surface area (Å²) in [6.07, 6.45) is 1.98. The van der Waals surface area contributed by atoms with Crippen LogP contribution in [0.4, 0.5) is 0 Å². The fourth-order valence-electron chi connectivity index (χ4n) is 2.10. The molecule has 1 unspecified atom stereocenters. The third kappa shape index (κ3) is 4.56. The Morgan fingerprint density at radius 1 is 1.20 bits per heavy atom. The molecule has 0 amide bonds. The van der Waals surface area contributed by atoms with Gasteiger partial charge >= 0.3 is 0 Å². The van der Waals surface area contributed by atoms with Crippen LogP contribution in [-0.4, -0.2) is 35.1 Å². The van der Waals surface area contributed by atoms with Crippen LogP contribution in [0.2, 0.25) is 0 Å². The Morgan fingerprint density at radius 3 is 1.93 bits per heavy atom. The lowest BCUT2D eigenvalue weighted by Crippen LogP contribution is -2.48. The summed E-state index contributed by atoms with van der Waals surface area (Å²) in [6.45, 7) is 9.93. The zero-order chi connectivity index (χ0) is 12.0. The van der Waals surface area contributed by atoms with Crippen molar-refractivity contribution in [2.24, 2.45) is 0 Å². The van der Waals surface area contributed by atoms with E-state index in [0.29, 0.717) is 24.9 Å². The van der Waals surface area contributed by atoms with Crippen LogP contribution >= 0.6 is 0 Å². The van der Waals surface area contributed by atoms with Crippen molar-refractivity contribution in [1.29, 1.82) is 0 Å². The van der Waals surface area contributed by atoms with Gasteiger partial charge in [0, 0.05) is 18.5 Å². The predicted octanol–water partition coefficient (Wildman–Crippen LogP) is 2.04. The Hall–Kier alpha value is -0.700. The number of Topliss-reactive ketones (excluding diaryl/α,β-unsaturated/α-hetero) is 1. The van der Waals surface area contributed by atoms with Crippen molar-refractivity contribution in [3.05, 3.63) is 0 Å². The van der Waals surface area contributed by atoms with Crippen molar-refractivity contribution in [3.8, 4) is 0 Å². The molecule has 1 atom stereocenters. The molecule has 0 radical (unpaired) electrons. The van der Waals surface area contributed by atoms with E-state index in [4.69, 9.17) is 0 Å². The first-order chi connectivity index (χ1) is 6.91. The number of carbonyl (C=O) groups excluding carboxylic acids is 2. The maximum Gasteiger partial charge on any atom is 0.146 e. The topological polar surface area (TPSA) is 37.4 Å². The molecule has 0 saturated carbocycles. The molecule has 88 valence electrons. The Labute approximate surface area is 92.8 Å². The van der Waals surface area contributed by atoms with E-state index in [9.17, 15) is 9.59 Å². The number of hydrogen-bond acceptors (Lipinski definition) is 3. The summed E-state index contributed by atoms with van der Waals surface area (Å²) < 4.78 is 0. The standard InChI is InChI=1S/C12H23NO2/c1-9(2)13(10(3)4)12(11(5)15)7-6-8-14/h8-10,12H,6-7H2,1-5H3. The van der Waals surface area contributed by atoms with E-state index < -0.39 is 0 Å². The molecule has 0 fully saturated rings. The SMILES string of the molecule is CC(=O)C(CCC=O)N(C(C)C)C(C)C. The molecule has 3 heteroatoms. The summed E-state index contributed by atoms with van der Waals surface area (Å²) in [5, 5.41) is 0. The fourth-order valence-corrected chi connectivity index (χ4v) is 2.10. The summed E-state index contributed by atoms with van der Waals surface area (Å²) in [4.78, 5) is 24.1. The Morgan fingerprint density at radius 2 is 1.67 bits per heavy atom. The molecule has 0 bridgehead atoms. The van der Waals surface area contributed by atoms with Gasteiger partial charge in [0.2, 0.25) is 0 Å². The molecule has 0 aromatic carbocycles. The molecule has 3 nitrogen and oxygen atoms in total. The van der Waals surface area contributed by atoms with Gasteiger partial charge in [0.25, 0.3) is 0 Å². The van der Waals surface area contributed by atoms with Gasteiger partial charge in [-0.3, -0.25) is 9.69 Å². The molecule has 0 spiro atoms. The van der Waals surface area contributed by atoms with Gasteiger partial charge in [0.05, 0.1) is 6.04 Å². The van der Waals surface area contributed by atoms with Crippen LogP contribution in [-0.2, 0) is 9.59 Å². The minimum atomic E-state index is -0.116. The molecule has 0 aliphatic heterocycles. The minimum Gasteiger partial charge on any atom is -0.303 e. The van der Waals surface area contributed by atoms with Crippen LogP contribution in [0.1, 0.15) is 47.5 Å². The van der Waals surface area contributed by atoms with E-state index in [2.05, 4.69) is 32.6 Å². The van der Waals surface area contributed by atoms with E-state index in [1.165, 1.54) is 0 Å². The smallest absolute Gasteiger partial charge is 0.146 e. The molecule has 0 aromatic rings. The van der Waals surface area contributed by atoms with Crippen molar-refractivity contribution in [2.75, 3.05) is 0 Å². The first-order valence-electron chi connectivity index (χ1n) is 5.63. The summed E-state index contributed by atoms with van der Waals surface area (Å²) in [6, 6.07) is 0.534. The molecule has 0 heterocycles. The summed E-state index contributed by atoms with van der Waals surface area (Å²) in [5.41, 5.74) is 0. The van der Waals surface area contributed by atoms with Gasteiger partial charge in [0.15, 0.2) is 0 Å². The molecule has 15 heavy (non-hydrogen) atoms. The van der Waals surface area contributed by atoms with E-state index in [1.54, 1.807) is 6.92 Å². The number of rotatable bonds is 7. The van der Waals surface area contributed by atoms with E-state index in [-0.39, 0.29) is 11.8 Å². The molecule has 0 rings (SSSR count). The quantitative estimate of drug-likeness (QED) is 0.607. The molecule has 0 aliphatic carbocycles. The van der Waals surface area contributed by atoms with Crippen LogP contribution in [0.5, 0.6) is 0 Å². The first kappa shape index (κ1) is 14.3. The number of nitrogens with zero attached hydrogens (tertiary/aromatic N) is 1. The fraction of sp³-hybridized carbons (Fsp3) is 0.833. The average Bonchev–Trinajstić information content (AvgIpc) is 2.09. The number of ketones is 1.